The van der Waals surface area contributed by atoms with E-state index in [1.165, 1.54) is 18.2 Å². The maximum absolute atomic E-state index is 13.4. The van der Waals surface area contributed by atoms with Crippen molar-refractivity contribution in [2.75, 3.05) is 0 Å². The van der Waals surface area contributed by atoms with E-state index in [2.05, 4.69) is 0 Å². The van der Waals surface area contributed by atoms with Crippen LogP contribution in [0.3, 0.4) is 0 Å². The van der Waals surface area contributed by atoms with Gasteiger partial charge in [-0.1, -0.05) is 29.3 Å². The molecule has 0 heterocycles. The lowest BCUT2D eigenvalue weighted by atomic mass is 10.2. The largest absolute Gasteiger partial charge is 0.421 e. The summed E-state index contributed by atoms with van der Waals surface area (Å²) in [5, 5.41) is 0.385. The van der Waals surface area contributed by atoms with Crippen LogP contribution < -0.4 is 4.74 Å². The monoisotopic (exact) mass is 302 g/mol. The molecule has 19 heavy (non-hydrogen) atoms. The minimum Gasteiger partial charge on any atom is -0.421 e. The van der Waals surface area contributed by atoms with Crippen molar-refractivity contribution in [1.29, 1.82) is 0 Å². The van der Waals surface area contributed by atoms with Crippen LogP contribution in [0.25, 0.3) is 0 Å². The van der Waals surface area contributed by atoms with Crippen molar-refractivity contribution in [2.45, 2.75) is 0 Å². The van der Waals surface area contributed by atoms with Crippen LogP contribution in [-0.4, -0.2) is 5.97 Å². The first kappa shape index (κ1) is 13.8. The van der Waals surface area contributed by atoms with Crippen LogP contribution in [0.4, 0.5) is 8.78 Å². The lowest BCUT2D eigenvalue weighted by Crippen LogP contribution is -2.13. The minimum atomic E-state index is -1.18. The Labute approximate surface area is 117 Å². The quantitative estimate of drug-likeness (QED) is 0.603. The van der Waals surface area contributed by atoms with Gasteiger partial charge in [-0.05, 0) is 24.3 Å². The van der Waals surface area contributed by atoms with Crippen molar-refractivity contribution in [3.05, 3.63) is 63.6 Å². The third-order valence-electron chi connectivity index (χ3n) is 2.26. The Hall–Kier alpha value is -1.65. The summed E-state index contributed by atoms with van der Waals surface area (Å²) in [6.07, 6.45) is 0. The zero-order valence-corrected chi connectivity index (χ0v) is 10.8. The molecule has 0 N–H and O–H groups in total. The van der Waals surface area contributed by atoms with E-state index in [4.69, 9.17) is 27.9 Å². The summed E-state index contributed by atoms with van der Waals surface area (Å²) in [5.41, 5.74) is -0.779. The summed E-state index contributed by atoms with van der Waals surface area (Å²) in [5.74, 6) is -3.27. The molecule has 2 aromatic rings. The third kappa shape index (κ3) is 3.03. The topological polar surface area (TPSA) is 26.3 Å². The highest BCUT2D eigenvalue weighted by molar-refractivity contribution is 6.34. The van der Waals surface area contributed by atoms with Gasteiger partial charge in [0.05, 0.1) is 5.02 Å². The van der Waals surface area contributed by atoms with Crippen molar-refractivity contribution in [2.24, 2.45) is 0 Å². The van der Waals surface area contributed by atoms with Gasteiger partial charge in [0, 0.05) is 11.1 Å². The first-order chi connectivity index (χ1) is 8.99. The summed E-state index contributed by atoms with van der Waals surface area (Å²) in [6.45, 7) is 0. The van der Waals surface area contributed by atoms with Crippen molar-refractivity contribution in [1.82, 2.24) is 0 Å². The number of carbonyl (C=O) groups excluding carboxylic acids is 1. The first-order valence-electron chi connectivity index (χ1n) is 5.10. The van der Waals surface area contributed by atoms with Crippen LogP contribution in [0.5, 0.6) is 5.75 Å². The predicted octanol–water partition coefficient (Wildman–Crippen LogP) is 4.49. The Morgan fingerprint density at radius 2 is 1.68 bits per heavy atom. The second-order valence-electron chi connectivity index (χ2n) is 3.56. The van der Waals surface area contributed by atoms with Crippen LogP contribution in [0.1, 0.15) is 10.4 Å². The highest BCUT2D eigenvalue weighted by atomic mass is 35.5. The van der Waals surface area contributed by atoms with Gasteiger partial charge in [0.15, 0.2) is 5.75 Å². The average molecular weight is 303 g/mol. The second-order valence-corrected chi connectivity index (χ2v) is 4.40. The van der Waals surface area contributed by atoms with Gasteiger partial charge in [-0.25, -0.2) is 13.6 Å². The van der Waals surface area contributed by atoms with E-state index in [0.29, 0.717) is 0 Å². The van der Waals surface area contributed by atoms with Crippen molar-refractivity contribution >= 4 is 29.2 Å². The molecular weight excluding hydrogens is 297 g/mol. The zero-order valence-electron chi connectivity index (χ0n) is 9.29. The summed E-state index contributed by atoms with van der Waals surface area (Å²) < 4.78 is 31.6. The average Bonchev–Trinajstić information content (AvgIpc) is 2.33. The SMILES string of the molecule is O=C(Oc1cc(Cl)ccc1Cl)c1c(F)cccc1F. The smallest absolute Gasteiger partial charge is 0.349 e. The number of rotatable bonds is 2. The van der Waals surface area contributed by atoms with Gasteiger partial charge in [0.25, 0.3) is 0 Å². The summed E-state index contributed by atoms with van der Waals surface area (Å²) in [7, 11) is 0. The van der Waals surface area contributed by atoms with Crippen molar-refractivity contribution < 1.29 is 18.3 Å². The number of hydrogen-bond donors (Lipinski definition) is 0. The normalized spacial score (nSPS) is 10.3. The van der Waals surface area contributed by atoms with Crippen LogP contribution in [-0.2, 0) is 0 Å². The lowest BCUT2D eigenvalue weighted by Gasteiger charge is -2.07. The molecule has 0 atom stereocenters. The number of carbonyl (C=O) groups is 1. The van der Waals surface area contributed by atoms with E-state index >= 15 is 0 Å². The minimum absolute atomic E-state index is 0.0678. The number of halogens is 4. The number of benzene rings is 2. The molecule has 0 fully saturated rings. The highest BCUT2D eigenvalue weighted by Gasteiger charge is 2.20. The van der Waals surface area contributed by atoms with Crippen LogP contribution >= 0.6 is 23.2 Å². The van der Waals surface area contributed by atoms with Crippen molar-refractivity contribution in [3.8, 4) is 5.75 Å². The van der Waals surface area contributed by atoms with Crippen molar-refractivity contribution in [3.63, 3.8) is 0 Å². The Bertz CT molecular complexity index is 624. The number of hydrogen-bond acceptors (Lipinski definition) is 2. The van der Waals surface area contributed by atoms with E-state index in [1.54, 1.807) is 0 Å². The van der Waals surface area contributed by atoms with E-state index in [1.807, 2.05) is 0 Å². The molecule has 0 aromatic heterocycles. The van der Waals surface area contributed by atoms with E-state index in [9.17, 15) is 13.6 Å². The van der Waals surface area contributed by atoms with Gasteiger partial charge in [0.1, 0.15) is 17.2 Å². The summed E-state index contributed by atoms with van der Waals surface area (Å²) in [6, 6.07) is 7.24. The molecule has 6 heteroatoms. The number of esters is 1. The van der Waals surface area contributed by atoms with Crippen LogP contribution in [0, 0.1) is 11.6 Å². The maximum Gasteiger partial charge on any atom is 0.349 e. The third-order valence-corrected chi connectivity index (χ3v) is 2.81. The Balaban J connectivity index is 2.34. The van der Waals surface area contributed by atoms with E-state index in [0.717, 1.165) is 18.2 Å². The van der Waals surface area contributed by atoms with Gasteiger partial charge >= 0.3 is 5.97 Å². The molecule has 98 valence electrons. The Morgan fingerprint density at radius 1 is 1.05 bits per heavy atom. The molecule has 0 spiro atoms. The van der Waals surface area contributed by atoms with Crippen LogP contribution in [0.2, 0.25) is 10.0 Å². The maximum atomic E-state index is 13.4. The molecule has 0 saturated carbocycles. The molecule has 2 aromatic carbocycles. The summed E-state index contributed by atoms with van der Waals surface area (Å²) in [4.78, 5) is 11.7. The predicted molar refractivity (Wildman–Crippen MR) is 67.8 cm³/mol. The van der Waals surface area contributed by atoms with Gasteiger partial charge in [0.2, 0.25) is 0 Å². The molecular formula is C13H6Cl2F2O2. The molecule has 0 saturated heterocycles. The lowest BCUT2D eigenvalue weighted by molar-refractivity contribution is 0.0725. The standard InChI is InChI=1S/C13H6Cl2F2O2/c14-7-4-5-8(15)11(6-7)19-13(18)12-9(16)2-1-3-10(12)17/h1-6H. The molecule has 0 aliphatic rings. The van der Waals surface area contributed by atoms with Crippen LogP contribution in [0.15, 0.2) is 36.4 Å². The summed E-state index contributed by atoms with van der Waals surface area (Å²) >= 11 is 11.5. The molecule has 0 unspecified atom stereocenters. The van der Waals surface area contributed by atoms with Gasteiger partial charge in [-0.3, -0.25) is 0 Å². The molecule has 2 rings (SSSR count). The number of ether oxygens (including phenoxy) is 1. The second kappa shape index (κ2) is 5.55. The Morgan fingerprint density at radius 3 is 2.32 bits per heavy atom. The molecule has 2 nitrogen and oxygen atoms in total. The molecule has 0 aliphatic carbocycles. The van der Waals surface area contributed by atoms with Gasteiger partial charge < -0.3 is 4.74 Å². The molecule has 0 amide bonds. The van der Waals surface area contributed by atoms with Gasteiger partial charge in [-0.2, -0.15) is 0 Å². The zero-order chi connectivity index (χ0) is 14.0. The van der Waals surface area contributed by atoms with E-state index < -0.39 is 23.2 Å². The molecule has 0 bridgehead atoms. The highest BCUT2D eigenvalue weighted by Crippen LogP contribution is 2.28. The fourth-order valence-electron chi connectivity index (χ4n) is 1.40. The fourth-order valence-corrected chi connectivity index (χ4v) is 1.72. The Kier molecular flexibility index (Phi) is 4.02. The van der Waals surface area contributed by atoms with E-state index in [-0.39, 0.29) is 15.8 Å². The first-order valence-corrected chi connectivity index (χ1v) is 5.86. The molecule has 0 aliphatic heterocycles. The molecule has 0 radical (unpaired) electrons. The fraction of sp³-hybridized carbons (Fsp3) is 0. The van der Waals surface area contributed by atoms with Gasteiger partial charge in [-0.15, -0.1) is 0 Å².